The molecule has 0 saturated heterocycles. The predicted molar refractivity (Wildman–Crippen MR) is 46.0 cm³/mol. The highest BCUT2D eigenvalue weighted by molar-refractivity contribution is 5.65. The Kier molecular flexibility index (Phi) is 2.97. The Labute approximate surface area is 70.5 Å². The van der Waals surface area contributed by atoms with Crippen molar-refractivity contribution in [3.05, 3.63) is 41.7 Å². The third-order valence-corrected chi connectivity index (χ3v) is 1.71. The van der Waals surface area contributed by atoms with E-state index in [1.54, 1.807) is 25.1 Å². The minimum Gasteiger partial charge on any atom is -0.246 e. The van der Waals surface area contributed by atoms with E-state index in [2.05, 4.69) is 0 Å². The number of hydrogen-bond donors (Lipinski definition) is 0. The van der Waals surface area contributed by atoms with E-state index in [0.717, 1.165) is 5.56 Å². The first-order chi connectivity index (χ1) is 5.77. The van der Waals surface area contributed by atoms with Crippen molar-refractivity contribution < 1.29 is 8.78 Å². The van der Waals surface area contributed by atoms with Gasteiger partial charge in [0.05, 0.1) is 0 Å². The summed E-state index contributed by atoms with van der Waals surface area (Å²) in [5, 5.41) is 0. The average molecular weight is 168 g/mol. The molecule has 0 aromatic heterocycles. The molecule has 0 amide bonds. The Morgan fingerprint density at radius 2 is 1.92 bits per heavy atom. The zero-order valence-corrected chi connectivity index (χ0v) is 6.85. The highest BCUT2D eigenvalue weighted by atomic mass is 19.1. The second-order valence-corrected chi connectivity index (χ2v) is 2.45. The molecule has 0 unspecified atom stereocenters. The summed E-state index contributed by atoms with van der Waals surface area (Å²) in [6.45, 7) is 1.25. The van der Waals surface area contributed by atoms with Crippen LogP contribution in [0.2, 0.25) is 0 Å². The second kappa shape index (κ2) is 4.00. The molecule has 1 aromatic rings. The van der Waals surface area contributed by atoms with Crippen molar-refractivity contribution in [2.75, 3.05) is 6.67 Å². The summed E-state index contributed by atoms with van der Waals surface area (Å²) >= 11 is 0. The molecule has 0 spiro atoms. The normalized spacial score (nSPS) is 11.8. The largest absolute Gasteiger partial charge is 0.246 e. The fraction of sp³-hybridized carbons (Fsp3) is 0.200. The van der Waals surface area contributed by atoms with E-state index in [1.807, 2.05) is 0 Å². The Morgan fingerprint density at radius 1 is 1.33 bits per heavy atom. The Morgan fingerprint density at radius 3 is 2.33 bits per heavy atom. The molecule has 0 aliphatic carbocycles. The number of rotatable bonds is 2. The van der Waals surface area contributed by atoms with Gasteiger partial charge in [0, 0.05) is 0 Å². The van der Waals surface area contributed by atoms with Crippen molar-refractivity contribution >= 4 is 5.57 Å². The third kappa shape index (κ3) is 1.91. The molecular weight excluding hydrogens is 158 g/mol. The van der Waals surface area contributed by atoms with Gasteiger partial charge in [0.2, 0.25) is 0 Å². The number of hydrogen-bond acceptors (Lipinski definition) is 0. The quantitative estimate of drug-likeness (QED) is 0.636. The summed E-state index contributed by atoms with van der Waals surface area (Å²) in [5.74, 6) is -0.298. The van der Waals surface area contributed by atoms with Crippen molar-refractivity contribution in [1.82, 2.24) is 0 Å². The highest BCUT2D eigenvalue weighted by Gasteiger charge is 1.98. The molecule has 0 bridgehead atoms. The zero-order chi connectivity index (χ0) is 8.97. The van der Waals surface area contributed by atoms with Crippen LogP contribution >= 0.6 is 0 Å². The molecular formula is C10H10F2. The molecule has 0 N–H and O–H groups in total. The second-order valence-electron chi connectivity index (χ2n) is 2.45. The number of alkyl halides is 1. The third-order valence-electron chi connectivity index (χ3n) is 1.71. The molecule has 0 fully saturated rings. The monoisotopic (exact) mass is 168 g/mol. The minimum absolute atomic E-state index is 0.298. The van der Waals surface area contributed by atoms with Gasteiger partial charge in [0.25, 0.3) is 0 Å². The van der Waals surface area contributed by atoms with Gasteiger partial charge >= 0.3 is 0 Å². The van der Waals surface area contributed by atoms with Gasteiger partial charge in [-0.05, 0) is 30.2 Å². The molecule has 64 valence electrons. The lowest BCUT2D eigenvalue weighted by Gasteiger charge is -2.00. The molecule has 2 heteroatoms. The lowest BCUT2D eigenvalue weighted by molar-refractivity contribution is 0.571. The number of halogens is 2. The Hall–Kier alpha value is -1.18. The molecule has 0 radical (unpaired) electrons. The van der Waals surface area contributed by atoms with E-state index in [4.69, 9.17) is 0 Å². The summed E-state index contributed by atoms with van der Waals surface area (Å²) in [6.07, 6.45) is 1.69. The lowest BCUT2D eigenvalue weighted by atomic mass is 10.1. The SMILES string of the molecule is CC=C(CF)c1ccc(F)cc1. The van der Waals surface area contributed by atoms with Crippen molar-refractivity contribution in [3.63, 3.8) is 0 Å². The molecule has 0 saturated carbocycles. The van der Waals surface area contributed by atoms with Crippen LogP contribution in [0.3, 0.4) is 0 Å². The topological polar surface area (TPSA) is 0 Å². The lowest BCUT2D eigenvalue weighted by Crippen LogP contribution is -1.86. The number of allylic oxidation sites excluding steroid dienone is 2. The van der Waals surface area contributed by atoms with Crippen molar-refractivity contribution in [2.45, 2.75) is 6.92 Å². The maximum atomic E-state index is 12.4. The molecule has 1 rings (SSSR count). The zero-order valence-electron chi connectivity index (χ0n) is 6.85. The first-order valence-electron chi connectivity index (χ1n) is 3.75. The van der Waals surface area contributed by atoms with Crippen LogP contribution in [0.15, 0.2) is 30.3 Å². The van der Waals surface area contributed by atoms with Gasteiger partial charge in [0.1, 0.15) is 12.5 Å². The Balaban J connectivity index is 2.96. The van der Waals surface area contributed by atoms with Gasteiger partial charge < -0.3 is 0 Å². The van der Waals surface area contributed by atoms with Crippen LogP contribution < -0.4 is 0 Å². The standard InChI is InChI=1S/C10H10F2/c1-2-8(7-11)9-3-5-10(12)6-4-9/h2-6H,7H2,1H3. The van der Waals surface area contributed by atoms with Gasteiger partial charge in [-0.2, -0.15) is 0 Å². The van der Waals surface area contributed by atoms with Crippen LogP contribution in [-0.4, -0.2) is 6.67 Å². The van der Waals surface area contributed by atoms with E-state index >= 15 is 0 Å². The van der Waals surface area contributed by atoms with Gasteiger partial charge in [-0.1, -0.05) is 18.2 Å². The summed E-state index contributed by atoms with van der Waals surface area (Å²) in [6, 6.07) is 5.80. The summed E-state index contributed by atoms with van der Waals surface area (Å²) in [7, 11) is 0. The van der Waals surface area contributed by atoms with Gasteiger partial charge in [0.15, 0.2) is 0 Å². The molecule has 0 nitrogen and oxygen atoms in total. The molecule has 0 aliphatic heterocycles. The van der Waals surface area contributed by atoms with Crippen molar-refractivity contribution in [3.8, 4) is 0 Å². The Bertz CT molecular complexity index is 272. The molecule has 0 atom stereocenters. The smallest absolute Gasteiger partial charge is 0.123 e. The average Bonchev–Trinajstić information content (AvgIpc) is 2.10. The van der Waals surface area contributed by atoms with Gasteiger partial charge in [-0.3, -0.25) is 0 Å². The van der Waals surface area contributed by atoms with Crippen LogP contribution in [0.25, 0.3) is 5.57 Å². The first kappa shape index (κ1) is 8.91. The minimum atomic E-state index is -0.512. The predicted octanol–water partition coefficient (Wildman–Crippen LogP) is 3.20. The first-order valence-corrected chi connectivity index (χ1v) is 3.75. The highest BCUT2D eigenvalue weighted by Crippen LogP contribution is 2.14. The summed E-state index contributed by atoms with van der Waals surface area (Å²) < 4.78 is 24.7. The fourth-order valence-corrected chi connectivity index (χ4v) is 0.985. The number of benzene rings is 1. The van der Waals surface area contributed by atoms with E-state index in [1.165, 1.54) is 12.1 Å². The molecule has 0 aliphatic rings. The van der Waals surface area contributed by atoms with E-state index in [0.29, 0.717) is 5.57 Å². The van der Waals surface area contributed by atoms with E-state index in [9.17, 15) is 8.78 Å². The van der Waals surface area contributed by atoms with Gasteiger partial charge in [-0.25, -0.2) is 8.78 Å². The van der Waals surface area contributed by atoms with E-state index < -0.39 is 6.67 Å². The maximum absolute atomic E-state index is 12.4. The molecule has 0 heterocycles. The summed E-state index contributed by atoms with van der Waals surface area (Å²) in [4.78, 5) is 0. The van der Waals surface area contributed by atoms with Crippen LogP contribution in [0.4, 0.5) is 8.78 Å². The van der Waals surface area contributed by atoms with Crippen LogP contribution in [-0.2, 0) is 0 Å². The van der Waals surface area contributed by atoms with Crippen molar-refractivity contribution in [2.24, 2.45) is 0 Å². The maximum Gasteiger partial charge on any atom is 0.123 e. The molecule has 1 aromatic carbocycles. The van der Waals surface area contributed by atoms with Gasteiger partial charge in [-0.15, -0.1) is 0 Å². The van der Waals surface area contributed by atoms with E-state index in [-0.39, 0.29) is 5.82 Å². The van der Waals surface area contributed by atoms with Crippen LogP contribution in [0.1, 0.15) is 12.5 Å². The molecule has 12 heavy (non-hydrogen) atoms. The van der Waals surface area contributed by atoms with Crippen molar-refractivity contribution in [1.29, 1.82) is 0 Å². The fourth-order valence-electron chi connectivity index (χ4n) is 0.985. The van der Waals surface area contributed by atoms with Crippen LogP contribution in [0.5, 0.6) is 0 Å². The van der Waals surface area contributed by atoms with Crippen LogP contribution in [0, 0.1) is 5.82 Å². The summed E-state index contributed by atoms with van der Waals surface area (Å²) in [5.41, 5.74) is 1.33.